The SMILES string of the molecule is Cc1sc(C)c2c3c(sc12)C(=O)C1C(C)CNC(C)C1C3=O. The maximum Gasteiger partial charge on any atom is 0.177 e. The van der Waals surface area contributed by atoms with E-state index in [2.05, 4.69) is 26.1 Å². The predicted molar refractivity (Wildman–Crippen MR) is 91.4 cm³/mol. The van der Waals surface area contributed by atoms with Gasteiger partial charge < -0.3 is 5.32 Å². The van der Waals surface area contributed by atoms with Crippen molar-refractivity contribution in [3.63, 3.8) is 0 Å². The van der Waals surface area contributed by atoms with E-state index in [0.717, 1.165) is 31.9 Å². The lowest BCUT2D eigenvalue weighted by atomic mass is 9.66. The molecule has 0 aromatic carbocycles. The summed E-state index contributed by atoms with van der Waals surface area (Å²) in [5.41, 5.74) is 0.718. The van der Waals surface area contributed by atoms with E-state index < -0.39 is 0 Å². The zero-order valence-corrected chi connectivity index (χ0v) is 14.8. The van der Waals surface area contributed by atoms with Crippen molar-refractivity contribution in [2.24, 2.45) is 17.8 Å². The highest BCUT2D eigenvalue weighted by atomic mass is 32.1. The number of fused-ring (bicyclic) bond motifs is 4. The first-order chi connectivity index (χ1) is 10.4. The zero-order chi connectivity index (χ0) is 15.8. The molecule has 2 aromatic rings. The fraction of sp³-hybridized carbons (Fsp3) is 0.529. The van der Waals surface area contributed by atoms with Crippen molar-refractivity contribution in [1.29, 1.82) is 0 Å². The topological polar surface area (TPSA) is 46.2 Å². The Labute approximate surface area is 137 Å². The van der Waals surface area contributed by atoms with Crippen LogP contribution in [0.2, 0.25) is 0 Å². The van der Waals surface area contributed by atoms with Gasteiger partial charge in [-0.05, 0) is 33.2 Å². The van der Waals surface area contributed by atoms with E-state index in [1.165, 1.54) is 16.2 Å². The Morgan fingerprint density at radius 3 is 2.45 bits per heavy atom. The highest BCUT2D eigenvalue weighted by molar-refractivity contribution is 7.26. The number of nitrogens with one attached hydrogen (secondary N) is 1. The molecule has 1 aliphatic heterocycles. The van der Waals surface area contributed by atoms with Gasteiger partial charge in [-0.2, -0.15) is 0 Å². The minimum Gasteiger partial charge on any atom is -0.313 e. The van der Waals surface area contributed by atoms with Crippen LogP contribution >= 0.6 is 22.7 Å². The van der Waals surface area contributed by atoms with Crippen LogP contribution in [0.15, 0.2) is 0 Å². The Hall–Kier alpha value is -1.04. The van der Waals surface area contributed by atoms with Crippen LogP contribution < -0.4 is 5.32 Å². The summed E-state index contributed by atoms with van der Waals surface area (Å²) in [6.45, 7) is 9.07. The molecule has 22 heavy (non-hydrogen) atoms. The van der Waals surface area contributed by atoms with Crippen LogP contribution in [-0.2, 0) is 0 Å². The molecule has 2 aliphatic rings. The van der Waals surface area contributed by atoms with E-state index in [9.17, 15) is 9.59 Å². The highest BCUT2D eigenvalue weighted by Crippen LogP contribution is 2.48. The van der Waals surface area contributed by atoms with Gasteiger partial charge in [0, 0.05) is 43.3 Å². The molecule has 0 spiro atoms. The molecule has 0 saturated carbocycles. The van der Waals surface area contributed by atoms with E-state index in [0.29, 0.717) is 0 Å². The number of hydrogen-bond acceptors (Lipinski definition) is 5. The van der Waals surface area contributed by atoms with Crippen molar-refractivity contribution >= 4 is 44.3 Å². The monoisotopic (exact) mass is 333 g/mol. The Bertz CT molecular complexity index is 816. The molecule has 0 bridgehead atoms. The van der Waals surface area contributed by atoms with Crippen LogP contribution in [0.4, 0.5) is 0 Å². The number of rotatable bonds is 0. The third-order valence-corrected chi connectivity index (χ3v) is 7.74. The van der Waals surface area contributed by atoms with E-state index in [4.69, 9.17) is 0 Å². The van der Waals surface area contributed by atoms with Gasteiger partial charge in [-0.25, -0.2) is 0 Å². The summed E-state index contributed by atoms with van der Waals surface area (Å²) in [6, 6.07) is 0.0702. The fourth-order valence-corrected chi connectivity index (χ4v) is 6.69. The minimum atomic E-state index is -0.207. The second-order valence-corrected chi connectivity index (χ2v) is 9.13. The molecule has 4 rings (SSSR count). The van der Waals surface area contributed by atoms with Crippen molar-refractivity contribution in [3.05, 3.63) is 20.2 Å². The number of hydrogen-bond donors (Lipinski definition) is 1. The summed E-state index contributed by atoms with van der Waals surface area (Å²) >= 11 is 3.26. The molecule has 1 saturated heterocycles. The van der Waals surface area contributed by atoms with Gasteiger partial charge in [0.1, 0.15) is 0 Å². The van der Waals surface area contributed by atoms with E-state index in [-0.39, 0.29) is 35.4 Å². The molecular formula is C17H19NO2S2. The van der Waals surface area contributed by atoms with Gasteiger partial charge in [0.05, 0.1) is 4.88 Å². The summed E-state index contributed by atoms with van der Waals surface area (Å²) in [7, 11) is 0. The van der Waals surface area contributed by atoms with E-state index in [1.54, 1.807) is 11.3 Å². The van der Waals surface area contributed by atoms with Gasteiger partial charge in [-0.15, -0.1) is 22.7 Å². The summed E-state index contributed by atoms with van der Waals surface area (Å²) in [4.78, 5) is 29.4. The standard InChI is InChI=1S/C17H19NO2S2/c1-6-5-18-7(2)11-10(6)15(20)17-13(14(11)19)12-8(3)21-9(4)16(12)22-17/h6-7,10-11,18H,5H2,1-4H3. The lowest BCUT2D eigenvalue weighted by Gasteiger charge is -2.41. The molecule has 4 atom stereocenters. The van der Waals surface area contributed by atoms with E-state index in [1.807, 2.05) is 6.92 Å². The van der Waals surface area contributed by atoms with Crippen LogP contribution in [0.5, 0.6) is 0 Å². The highest BCUT2D eigenvalue weighted by Gasteiger charge is 2.50. The average molecular weight is 333 g/mol. The van der Waals surface area contributed by atoms with Crippen molar-refractivity contribution < 1.29 is 9.59 Å². The molecule has 1 N–H and O–H groups in total. The maximum atomic E-state index is 13.2. The normalized spacial score (nSPS) is 31.5. The quantitative estimate of drug-likeness (QED) is 0.797. The molecule has 3 nitrogen and oxygen atoms in total. The molecule has 5 heteroatoms. The molecule has 0 amide bonds. The first-order valence-electron chi connectivity index (χ1n) is 7.76. The van der Waals surface area contributed by atoms with Gasteiger partial charge in [-0.3, -0.25) is 9.59 Å². The second kappa shape index (κ2) is 4.73. The first kappa shape index (κ1) is 14.5. The van der Waals surface area contributed by atoms with Crippen LogP contribution in [-0.4, -0.2) is 24.2 Å². The van der Waals surface area contributed by atoms with E-state index >= 15 is 0 Å². The van der Waals surface area contributed by atoms with Gasteiger partial charge in [-0.1, -0.05) is 6.92 Å². The second-order valence-electron chi connectivity index (χ2n) is 6.68. The van der Waals surface area contributed by atoms with Crippen molar-refractivity contribution in [2.75, 3.05) is 6.54 Å². The molecule has 1 aliphatic carbocycles. The van der Waals surface area contributed by atoms with Crippen molar-refractivity contribution in [2.45, 2.75) is 33.7 Å². The number of piperidine rings is 1. The van der Waals surface area contributed by atoms with Crippen LogP contribution in [0.3, 0.4) is 0 Å². The summed E-state index contributed by atoms with van der Waals surface area (Å²) < 4.78 is 1.14. The third kappa shape index (κ3) is 1.70. The Morgan fingerprint density at radius 1 is 1.00 bits per heavy atom. The number of thiophene rings is 2. The van der Waals surface area contributed by atoms with Gasteiger partial charge in [0.15, 0.2) is 11.6 Å². The first-order valence-corrected chi connectivity index (χ1v) is 9.39. The lowest BCUT2D eigenvalue weighted by Crippen LogP contribution is -2.56. The molecule has 4 unspecified atom stereocenters. The lowest BCUT2D eigenvalue weighted by molar-refractivity contribution is 0.0562. The molecule has 116 valence electrons. The number of Topliss-reactive ketones (excluding diaryl/α,β-unsaturated/α-hetero) is 2. The van der Waals surface area contributed by atoms with Gasteiger partial charge in [0.2, 0.25) is 0 Å². The van der Waals surface area contributed by atoms with Crippen molar-refractivity contribution in [3.8, 4) is 0 Å². The van der Waals surface area contributed by atoms with Crippen LogP contribution in [0, 0.1) is 31.6 Å². The minimum absolute atomic E-state index is 0.0702. The molecule has 0 radical (unpaired) electrons. The number of carbonyl (C=O) groups excluding carboxylic acids is 2. The third-order valence-electron chi connectivity index (χ3n) is 5.26. The molecule has 2 aromatic heterocycles. The zero-order valence-electron chi connectivity index (χ0n) is 13.1. The maximum absolute atomic E-state index is 13.2. The number of carbonyl (C=O) groups is 2. The molecule has 3 heterocycles. The predicted octanol–water partition coefficient (Wildman–Crippen LogP) is 3.82. The smallest absolute Gasteiger partial charge is 0.177 e. The Balaban J connectivity index is 2.01. The summed E-state index contributed by atoms with van der Waals surface area (Å²) in [5.74, 6) is 0.237. The average Bonchev–Trinajstić information content (AvgIpc) is 2.99. The summed E-state index contributed by atoms with van der Waals surface area (Å²) in [6.07, 6.45) is 0. The van der Waals surface area contributed by atoms with Gasteiger partial charge in [0.25, 0.3) is 0 Å². The molecular weight excluding hydrogens is 314 g/mol. The Morgan fingerprint density at radius 2 is 1.73 bits per heavy atom. The van der Waals surface area contributed by atoms with Crippen LogP contribution in [0.25, 0.3) is 10.1 Å². The number of aryl methyl sites for hydroxylation is 2. The van der Waals surface area contributed by atoms with Crippen LogP contribution in [0.1, 0.15) is 43.6 Å². The largest absolute Gasteiger partial charge is 0.313 e. The van der Waals surface area contributed by atoms with Crippen molar-refractivity contribution in [1.82, 2.24) is 5.32 Å². The Kier molecular flexibility index (Phi) is 3.13. The summed E-state index contributed by atoms with van der Waals surface area (Å²) in [5, 5.41) is 4.45. The fourth-order valence-electron chi connectivity index (χ4n) is 4.17. The van der Waals surface area contributed by atoms with Gasteiger partial charge >= 0.3 is 0 Å². The number of ketones is 2. The molecule has 1 fully saturated rings.